The van der Waals surface area contributed by atoms with Gasteiger partial charge in [-0.2, -0.15) is 0 Å². The second-order valence-corrected chi connectivity index (χ2v) is 8.18. The Morgan fingerprint density at radius 3 is 2.50 bits per heavy atom. The smallest absolute Gasteiger partial charge is 0.211 e. The number of hydrogen-bond donors (Lipinski definition) is 3. The molecule has 8 nitrogen and oxygen atoms in total. The van der Waals surface area contributed by atoms with E-state index >= 15 is 0 Å². The molecule has 26 heavy (non-hydrogen) atoms. The largest absolute Gasteiger partial charge is 0.506 e. The van der Waals surface area contributed by atoms with Gasteiger partial charge < -0.3 is 20.2 Å². The molecule has 0 amide bonds. The standard InChI is InChI=1S/C17H29N5O3S/c1-3-26(24,25)20-10-6-9-19-17(18-2)22-13-11-21(12-14-22)15-7-4-5-8-16(15)23/h4-5,7-8,20,23H,3,6,9-14H2,1-2H3,(H,18,19). The molecule has 3 N–H and O–H groups in total. The summed E-state index contributed by atoms with van der Waals surface area (Å²) < 4.78 is 25.3. The van der Waals surface area contributed by atoms with Gasteiger partial charge in [-0.1, -0.05) is 12.1 Å². The van der Waals surface area contributed by atoms with E-state index in [9.17, 15) is 13.5 Å². The van der Waals surface area contributed by atoms with Crippen LogP contribution in [0.2, 0.25) is 0 Å². The van der Waals surface area contributed by atoms with Crippen LogP contribution in [0.4, 0.5) is 5.69 Å². The predicted octanol–water partition coefficient (Wildman–Crippen LogP) is 0.419. The lowest BCUT2D eigenvalue weighted by Gasteiger charge is -2.37. The summed E-state index contributed by atoms with van der Waals surface area (Å²) in [6.07, 6.45) is 0.691. The van der Waals surface area contributed by atoms with Crippen molar-refractivity contribution in [2.45, 2.75) is 13.3 Å². The van der Waals surface area contributed by atoms with Crippen molar-refractivity contribution in [1.82, 2.24) is 14.9 Å². The quantitative estimate of drug-likeness (QED) is 0.359. The fraction of sp³-hybridized carbons (Fsp3) is 0.588. The minimum Gasteiger partial charge on any atom is -0.506 e. The fourth-order valence-electron chi connectivity index (χ4n) is 2.84. The van der Waals surface area contributed by atoms with Crippen LogP contribution in [0.15, 0.2) is 29.3 Å². The molecular formula is C17H29N5O3S. The Bertz CT molecular complexity index is 700. The summed E-state index contributed by atoms with van der Waals surface area (Å²) in [6.45, 7) is 5.90. The van der Waals surface area contributed by atoms with E-state index in [1.165, 1.54) is 0 Å². The van der Waals surface area contributed by atoms with Crippen LogP contribution in [0.1, 0.15) is 13.3 Å². The molecule has 0 unspecified atom stereocenters. The van der Waals surface area contributed by atoms with E-state index in [-0.39, 0.29) is 5.75 Å². The third-order valence-corrected chi connectivity index (χ3v) is 5.76. The van der Waals surface area contributed by atoms with E-state index in [1.54, 1.807) is 20.0 Å². The van der Waals surface area contributed by atoms with Crippen molar-refractivity contribution < 1.29 is 13.5 Å². The molecule has 146 valence electrons. The van der Waals surface area contributed by atoms with Crippen molar-refractivity contribution in [2.24, 2.45) is 4.99 Å². The maximum Gasteiger partial charge on any atom is 0.211 e. The fourth-order valence-corrected chi connectivity index (χ4v) is 3.50. The molecule has 0 atom stereocenters. The van der Waals surface area contributed by atoms with Crippen LogP contribution in [-0.2, 0) is 10.0 Å². The first-order chi connectivity index (χ1) is 12.5. The number of aliphatic imine (C=N–C) groups is 1. The normalized spacial score (nSPS) is 16.0. The van der Waals surface area contributed by atoms with Crippen molar-refractivity contribution in [1.29, 1.82) is 0 Å². The minimum absolute atomic E-state index is 0.101. The SMILES string of the molecule is CCS(=O)(=O)NCCCNC(=NC)N1CCN(c2ccccc2O)CC1. The number of anilines is 1. The number of guanidine groups is 1. The van der Waals surface area contributed by atoms with Gasteiger partial charge in [-0.05, 0) is 25.5 Å². The second kappa shape index (κ2) is 9.63. The number of hydrogen-bond acceptors (Lipinski definition) is 5. The summed E-state index contributed by atoms with van der Waals surface area (Å²) in [5.74, 6) is 1.22. The molecule has 0 aromatic heterocycles. The highest BCUT2D eigenvalue weighted by atomic mass is 32.2. The molecule has 0 bridgehead atoms. The molecule has 2 rings (SSSR count). The molecule has 1 aromatic carbocycles. The van der Waals surface area contributed by atoms with Gasteiger partial charge in [-0.25, -0.2) is 13.1 Å². The third kappa shape index (κ3) is 5.77. The van der Waals surface area contributed by atoms with Gasteiger partial charge >= 0.3 is 0 Å². The molecule has 1 fully saturated rings. The molecule has 0 aliphatic carbocycles. The van der Waals surface area contributed by atoms with Gasteiger partial charge in [0.1, 0.15) is 5.75 Å². The molecule has 0 saturated carbocycles. The van der Waals surface area contributed by atoms with Gasteiger partial charge in [0.05, 0.1) is 11.4 Å². The number of nitrogens with zero attached hydrogens (tertiary/aromatic N) is 3. The average Bonchev–Trinajstić information content (AvgIpc) is 2.65. The number of sulfonamides is 1. The summed E-state index contributed by atoms with van der Waals surface area (Å²) in [5, 5.41) is 13.3. The van der Waals surface area contributed by atoms with Crippen molar-refractivity contribution in [3.05, 3.63) is 24.3 Å². The van der Waals surface area contributed by atoms with E-state index in [0.29, 0.717) is 25.3 Å². The van der Waals surface area contributed by atoms with Crippen LogP contribution in [0.25, 0.3) is 0 Å². The third-order valence-electron chi connectivity index (χ3n) is 4.35. The molecule has 0 radical (unpaired) electrons. The van der Waals surface area contributed by atoms with Crippen LogP contribution in [0.5, 0.6) is 5.75 Å². The first kappa shape index (κ1) is 20.3. The Kier molecular flexibility index (Phi) is 7.52. The Morgan fingerprint density at radius 2 is 1.88 bits per heavy atom. The highest BCUT2D eigenvalue weighted by Gasteiger charge is 2.21. The van der Waals surface area contributed by atoms with Gasteiger partial charge in [0.15, 0.2) is 5.96 Å². The highest BCUT2D eigenvalue weighted by molar-refractivity contribution is 7.89. The Morgan fingerprint density at radius 1 is 1.19 bits per heavy atom. The topological polar surface area (TPSA) is 97.3 Å². The predicted molar refractivity (Wildman–Crippen MR) is 105 cm³/mol. The van der Waals surface area contributed by atoms with Gasteiger partial charge in [-0.15, -0.1) is 0 Å². The zero-order valence-electron chi connectivity index (χ0n) is 15.5. The van der Waals surface area contributed by atoms with Crippen LogP contribution in [-0.4, -0.2) is 76.5 Å². The molecule has 1 aliphatic heterocycles. The summed E-state index contributed by atoms with van der Waals surface area (Å²) in [4.78, 5) is 8.65. The maximum absolute atomic E-state index is 11.4. The molecule has 0 spiro atoms. The average molecular weight is 384 g/mol. The number of piperazine rings is 1. The van der Waals surface area contributed by atoms with Gasteiger partial charge in [0, 0.05) is 46.3 Å². The van der Waals surface area contributed by atoms with Crippen molar-refractivity contribution in [3.63, 3.8) is 0 Å². The first-order valence-electron chi connectivity index (χ1n) is 8.92. The monoisotopic (exact) mass is 383 g/mol. The summed E-state index contributed by atoms with van der Waals surface area (Å²) in [7, 11) is -1.38. The molecular weight excluding hydrogens is 354 g/mol. The van der Waals surface area contributed by atoms with Gasteiger partial charge in [0.2, 0.25) is 10.0 Å². The molecule has 1 aromatic rings. The summed E-state index contributed by atoms with van der Waals surface area (Å²) >= 11 is 0. The zero-order valence-corrected chi connectivity index (χ0v) is 16.3. The Hall–Kier alpha value is -2.00. The lowest BCUT2D eigenvalue weighted by atomic mass is 10.2. The first-order valence-corrected chi connectivity index (χ1v) is 10.6. The summed E-state index contributed by atoms with van der Waals surface area (Å²) in [5.41, 5.74) is 0.860. The van der Waals surface area contributed by atoms with Crippen LogP contribution >= 0.6 is 0 Å². The molecule has 1 saturated heterocycles. The number of nitrogens with one attached hydrogen (secondary N) is 2. The molecule has 9 heteroatoms. The van der Waals surface area contributed by atoms with Gasteiger partial charge in [0.25, 0.3) is 0 Å². The Balaban J connectivity index is 1.75. The Labute approximate surface area is 156 Å². The maximum atomic E-state index is 11.4. The zero-order chi connectivity index (χ0) is 19.0. The van der Waals surface area contributed by atoms with Crippen molar-refractivity contribution >= 4 is 21.7 Å². The van der Waals surface area contributed by atoms with Crippen LogP contribution in [0, 0.1) is 0 Å². The minimum atomic E-state index is -3.13. The van der Waals surface area contributed by atoms with E-state index < -0.39 is 10.0 Å². The van der Waals surface area contributed by atoms with E-state index in [2.05, 4.69) is 24.8 Å². The number of phenolic OH excluding ortho intramolecular Hbond substituents is 1. The van der Waals surface area contributed by atoms with Crippen molar-refractivity contribution in [3.8, 4) is 5.75 Å². The number of para-hydroxylation sites is 2. The number of aromatic hydroxyl groups is 1. The molecule has 1 aliphatic rings. The van der Waals surface area contributed by atoms with E-state index in [0.717, 1.165) is 37.8 Å². The second-order valence-electron chi connectivity index (χ2n) is 6.09. The lowest BCUT2D eigenvalue weighted by molar-refractivity contribution is 0.369. The van der Waals surface area contributed by atoms with E-state index in [4.69, 9.17) is 0 Å². The summed E-state index contributed by atoms with van der Waals surface area (Å²) in [6, 6.07) is 7.38. The van der Waals surface area contributed by atoms with Gasteiger partial charge in [-0.3, -0.25) is 4.99 Å². The lowest BCUT2D eigenvalue weighted by Crippen LogP contribution is -2.52. The van der Waals surface area contributed by atoms with Crippen LogP contribution in [0.3, 0.4) is 0 Å². The van der Waals surface area contributed by atoms with Crippen LogP contribution < -0.4 is 14.9 Å². The van der Waals surface area contributed by atoms with Crippen molar-refractivity contribution in [2.75, 3.05) is 57.0 Å². The highest BCUT2D eigenvalue weighted by Crippen LogP contribution is 2.27. The number of rotatable bonds is 7. The number of phenols is 1. The number of benzene rings is 1. The van der Waals surface area contributed by atoms with E-state index in [1.807, 2.05) is 18.2 Å². The molecule has 1 heterocycles.